The molecule has 0 bridgehead atoms. The molecular weight excluding hydrogens is 366 g/mol. The maximum atomic E-state index is 12.8. The number of ether oxygens (including phenoxy) is 1. The zero-order chi connectivity index (χ0) is 21.2. The average Bonchev–Trinajstić information content (AvgIpc) is 2.63. The third-order valence-electron chi connectivity index (χ3n) is 5.24. The Labute approximate surface area is 172 Å². The number of carbonyl (C=O) groups is 2. The minimum absolute atomic E-state index is 0.135. The van der Waals surface area contributed by atoms with Gasteiger partial charge in [0.15, 0.2) is 0 Å². The molecule has 29 heavy (non-hydrogen) atoms. The lowest BCUT2D eigenvalue weighted by Crippen LogP contribution is -2.64. The van der Waals surface area contributed by atoms with Crippen LogP contribution in [0, 0.1) is 24.7 Å². The SMILES string of the molecule is C#C[C@H]1c2ccccc2CCN1C(=O)NC1CC(C#C)(NC(=O)OC(C)(C)C)C1. The summed E-state index contributed by atoms with van der Waals surface area (Å²) in [5, 5.41) is 5.75. The van der Waals surface area contributed by atoms with Gasteiger partial charge in [-0.25, -0.2) is 9.59 Å². The van der Waals surface area contributed by atoms with Gasteiger partial charge >= 0.3 is 12.1 Å². The van der Waals surface area contributed by atoms with E-state index in [1.54, 1.807) is 25.7 Å². The lowest BCUT2D eigenvalue weighted by Gasteiger charge is -2.45. The number of amides is 3. The second kappa shape index (κ2) is 7.72. The summed E-state index contributed by atoms with van der Waals surface area (Å²) in [6, 6.07) is 7.19. The van der Waals surface area contributed by atoms with E-state index in [2.05, 4.69) is 22.5 Å². The van der Waals surface area contributed by atoms with Crippen LogP contribution in [0.5, 0.6) is 0 Å². The Bertz CT molecular complexity index is 882. The Morgan fingerprint density at radius 1 is 1.24 bits per heavy atom. The van der Waals surface area contributed by atoms with Gasteiger partial charge in [0.2, 0.25) is 0 Å². The molecule has 1 atom stereocenters. The molecule has 1 aliphatic heterocycles. The van der Waals surface area contributed by atoms with Gasteiger partial charge in [0, 0.05) is 25.4 Å². The van der Waals surface area contributed by atoms with Crippen molar-refractivity contribution in [2.24, 2.45) is 0 Å². The molecule has 3 amide bonds. The fourth-order valence-corrected chi connectivity index (χ4v) is 3.86. The fourth-order valence-electron chi connectivity index (χ4n) is 3.86. The van der Waals surface area contributed by atoms with Gasteiger partial charge in [-0.1, -0.05) is 36.1 Å². The maximum Gasteiger partial charge on any atom is 0.408 e. The van der Waals surface area contributed by atoms with Crippen molar-refractivity contribution in [3.8, 4) is 24.7 Å². The van der Waals surface area contributed by atoms with Gasteiger partial charge in [0.25, 0.3) is 0 Å². The van der Waals surface area contributed by atoms with E-state index >= 15 is 0 Å². The predicted molar refractivity (Wildman–Crippen MR) is 111 cm³/mol. The molecule has 1 aromatic carbocycles. The van der Waals surface area contributed by atoms with E-state index in [4.69, 9.17) is 17.6 Å². The van der Waals surface area contributed by atoms with E-state index in [1.807, 2.05) is 24.3 Å². The number of carbonyl (C=O) groups excluding carboxylic acids is 2. The molecule has 152 valence electrons. The highest BCUT2D eigenvalue weighted by Crippen LogP contribution is 2.34. The quantitative estimate of drug-likeness (QED) is 0.759. The molecule has 2 aliphatic rings. The highest BCUT2D eigenvalue weighted by molar-refractivity contribution is 5.77. The number of rotatable bonds is 2. The van der Waals surface area contributed by atoms with Gasteiger partial charge in [-0.15, -0.1) is 12.8 Å². The van der Waals surface area contributed by atoms with Crippen molar-refractivity contribution in [2.45, 2.75) is 63.3 Å². The van der Waals surface area contributed by atoms with Gasteiger partial charge in [-0.05, 0) is 38.3 Å². The molecule has 6 heteroatoms. The molecule has 1 aromatic rings. The van der Waals surface area contributed by atoms with Crippen molar-refractivity contribution in [2.75, 3.05) is 6.54 Å². The summed E-state index contributed by atoms with van der Waals surface area (Å²) in [6.07, 6.45) is 12.5. The van der Waals surface area contributed by atoms with Gasteiger partial charge in [-0.2, -0.15) is 0 Å². The molecule has 3 rings (SSSR count). The number of alkyl carbamates (subject to hydrolysis) is 1. The number of nitrogens with zero attached hydrogens (tertiary/aromatic N) is 1. The number of terminal acetylenes is 2. The van der Waals surface area contributed by atoms with Crippen molar-refractivity contribution in [3.63, 3.8) is 0 Å². The van der Waals surface area contributed by atoms with Crippen molar-refractivity contribution in [1.82, 2.24) is 15.5 Å². The Morgan fingerprint density at radius 2 is 1.93 bits per heavy atom. The summed E-state index contributed by atoms with van der Waals surface area (Å²) in [6.45, 7) is 5.92. The van der Waals surface area contributed by atoms with E-state index in [-0.39, 0.29) is 12.1 Å². The Balaban J connectivity index is 1.58. The minimum atomic E-state index is -0.805. The third kappa shape index (κ3) is 4.49. The molecule has 1 heterocycles. The minimum Gasteiger partial charge on any atom is -0.444 e. The predicted octanol–water partition coefficient (Wildman–Crippen LogP) is 2.99. The molecule has 1 saturated carbocycles. The first kappa shape index (κ1) is 20.6. The number of benzene rings is 1. The molecule has 0 saturated heterocycles. The summed E-state index contributed by atoms with van der Waals surface area (Å²) in [7, 11) is 0. The van der Waals surface area contributed by atoms with E-state index in [0.717, 1.165) is 12.0 Å². The van der Waals surface area contributed by atoms with E-state index in [1.165, 1.54) is 5.56 Å². The number of nitrogens with one attached hydrogen (secondary N) is 2. The summed E-state index contributed by atoms with van der Waals surface area (Å²) >= 11 is 0. The van der Waals surface area contributed by atoms with Crippen LogP contribution in [0.1, 0.15) is 50.8 Å². The molecule has 0 aromatic heterocycles. The third-order valence-corrected chi connectivity index (χ3v) is 5.24. The van der Waals surface area contributed by atoms with Crippen molar-refractivity contribution < 1.29 is 14.3 Å². The lowest BCUT2D eigenvalue weighted by molar-refractivity contribution is 0.0415. The Morgan fingerprint density at radius 3 is 2.55 bits per heavy atom. The van der Waals surface area contributed by atoms with Crippen molar-refractivity contribution in [3.05, 3.63) is 35.4 Å². The van der Waals surface area contributed by atoms with Crippen molar-refractivity contribution in [1.29, 1.82) is 0 Å². The van der Waals surface area contributed by atoms with Crippen LogP contribution in [0.15, 0.2) is 24.3 Å². The second-order valence-electron chi connectivity index (χ2n) is 8.62. The van der Waals surface area contributed by atoms with Crippen LogP contribution < -0.4 is 10.6 Å². The molecule has 0 unspecified atom stereocenters. The highest BCUT2D eigenvalue weighted by Gasteiger charge is 2.46. The molecule has 1 aliphatic carbocycles. The van der Waals surface area contributed by atoms with E-state index < -0.39 is 23.3 Å². The maximum absolute atomic E-state index is 12.8. The van der Waals surface area contributed by atoms with Crippen LogP contribution in [0.25, 0.3) is 0 Å². The largest absolute Gasteiger partial charge is 0.444 e. The Hall–Kier alpha value is -3.12. The molecule has 6 nitrogen and oxygen atoms in total. The first-order valence-electron chi connectivity index (χ1n) is 9.76. The zero-order valence-electron chi connectivity index (χ0n) is 17.1. The number of hydrogen-bond acceptors (Lipinski definition) is 3. The summed E-state index contributed by atoms with van der Waals surface area (Å²) in [5.41, 5.74) is 0.761. The fraction of sp³-hybridized carbons (Fsp3) is 0.478. The standard InChI is InChI=1S/C23H27N3O3/c1-6-19-18-11-9-8-10-16(18)12-13-26(19)20(27)24-17-14-23(7-2,15-17)25-21(28)29-22(3,4)5/h1-2,8-11,17,19H,12-15H2,3-5H3,(H,24,27)(H,25,28)/t17?,19-,23?/m0/s1. The van der Waals surface area contributed by atoms with Crippen LogP contribution in [-0.4, -0.2) is 40.8 Å². The molecule has 0 spiro atoms. The Kier molecular flexibility index (Phi) is 5.48. The molecular formula is C23H27N3O3. The second-order valence-corrected chi connectivity index (χ2v) is 8.62. The topological polar surface area (TPSA) is 70.7 Å². The van der Waals surface area contributed by atoms with Gasteiger partial charge in [-0.3, -0.25) is 0 Å². The first-order chi connectivity index (χ1) is 13.7. The smallest absolute Gasteiger partial charge is 0.408 e. The molecule has 0 radical (unpaired) electrons. The normalized spacial score (nSPS) is 25.5. The lowest BCUT2D eigenvalue weighted by atomic mass is 9.73. The van der Waals surface area contributed by atoms with Gasteiger partial charge < -0.3 is 20.3 Å². The molecule has 2 N–H and O–H groups in total. The average molecular weight is 393 g/mol. The monoisotopic (exact) mass is 393 g/mol. The summed E-state index contributed by atoms with van der Waals surface area (Å²) in [4.78, 5) is 26.6. The van der Waals surface area contributed by atoms with E-state index in [0.29, 0.717) is 19.4 Å². The molecule has 1 fully saturated rings. The van der Waals surface area contributed by atoms with Gasteiger partial charge in [0.05, 0.1) is 0 Å². The van der Waals surface area contributed by atoms with E-state index in [9.17, 15) is 9.59 Å². The summed E-state index contributed by atoms with van der Waals surface area (Å²) < 4.78 is 5.28. The van der Waals surface area contributed by atoms with Crippen LogP contribution >= 0.6 is 0 Å². The number of urea groups is 1. The van der Waals surface area contributed by atoms with Crippen LogP contribution in [-0.2, 0) is 11.2 Å². The number of fused-ring (bicyclic) bond motifs is 1. The van der Waals surface area contributed by atoms with Gasteiger partial charge in [0.1, 0.15) is 17.2 Å². The van der Waals surface area contributed by atoms with Crippen molar-refractivity contribution >= 4 is 12.1 Å². The van der Waals surface area contributed by atoms with Crippen LogP contribution in [0.3, 0.4) is 0 Å². The number of hydrogen-bond donors (Lipinski definition) is 2. The summed E-state index contributed by atoms with van der Waals surface area (Å²) in [5.74, 6) is 5.37. The zero-order valence-corrected chi connectivity index (χ0v) is 17.1. The highest BCUT2D eigenvalue weighted by atomic mass is 16.6. The van der Waals surface area contributed by atoms with Crippen LogP contribution in [0.2, 0.25) is 0 Å². The van der Waals surface area contributed by atoms with Crippen LogP contribution in [0.4, 0.5) is 9.59 Å². The first-order valence-corrected chi connectivity index (χ1v) is 9.76.